The van der Waals surface area contributed by atoms with E-state index >= 15 is 0 Å². The van der Waals surface area contributed by atoms with E-state index in [1.807, 2.05) is 80.6 Å². The van der Waals surface area contributed by atoms with Crippen molar-refractivity contribution in [2.75, 3.05) is 6.61 Å². The predicted octanol–water partition coefficient (Wildman–Crippen LogP) is 8.88. The zero-order valence-corrected chi connectivity index (χ0v) is 20.7. The molecule has 0 saturated carbocycles. The van der Waals surface area contributed by atoms with Crippen molar-refractivity contribution in [3.05, 3.63) is 82.9 Å². The lowest BCUT2D eigenvalue weighted by Crippen LogP contribution is -2.05. The second kappa shape index (κ2) is 11.9. The summed E-state index contributed by atoms with van der Waals surface area (Å²) in [6.45, 7) is 8.46. The van der Waals surface area contributed by atoms with Crippen LogP contribution in [0, 0.1) is 0 Å². The second-order valence-electron chi connectivity index (χ2n) is 7.95. The van der Waals surface area contributed by atoms with Gasteiger partial charge in [-0.3, -0.25) is 0 Å². The molecule has 0 unspecified atom stereocenters. The van der Waals surface area contributed by atoms with Gasteiger partial charge in [0.05, 0.1) is 6.10 Å². The SMILES string of the molecule is CC(C)Oc1ccc(Oc2ccc(Oc3ccccc3OCC=C(Cl)Cl)c(C(C)C)c2)cc1. The molecule has 0 aliphatic rings. The summed E-state index contributed by atoms with van der Waals surface area (Å²) in [7, 11) is 0. The number of hydrogen-bond acceptors (Lipinski definition) is 4. The van der Waals surface area contributed by atoms with Gasteiger partial charge in [-0.05, 0) is 80.4 Å². The first-order chi connectivity index (χ1) is 15.8. The predicted molar refractivity (Wildman–Crippen MR) is 135 cm³/mol. The maximum Gasteiger partial charge on any atom is 0.169 e. The number of para-hydroxylation sites is 2. The van der Waals surface area contributed by atoms with Gasteiger partial charge in [-0.15, -0.1) is 0 Å². The van der Waals surface area contributed by atoms with Crippen molar-refractivity contribution in [2.45, 2.75) is 39.7 Å². The van der Waals surface area contributed by atoms with E-state index in [0.29, 0.717) is 11.5 Å². The van der Waals surface area contributed by atoms with E-state index in [0.717, 1.165) is 28.6 Å². The fraction of sp³-hybridized carbons (Fsp3) is 0.259. The second-order valence-corrected chi connectivity index (χ2v) is 8.96. The van der Waals surface area contributed by atoms with E-state index in [9.17, 15) is 0 Å². The van der Waals surface area contributed by atoms with Crippen molar-refractivity contribution in [1.29, 1.82) is 0 Å². The Morgan fingerprint density at radius 2 is 1.39 bits per heavy atom. The van der Waals surface area contributed by atoms with Crippen LogP contribution in [0.1, 0.15) is 39.2 Å². The molecular weight excluding hydrogens is 459 g/mol. The Morgan fingerprint density at radius 3 is 2.03 bits per heavy atom. The quantitative estimate of drug-likeness (QED) is 0.286. The monoisotopic (exact) mass is 486 g/mol. The molecule has 0 radical (unpaired) electrons. The lowest BCUT2D eigenvalue weighted by Gasteiger charge is -2.17. The van der Waals surface area contributed by atoms with Crippen LogP contribution in [0.15, 0.2) is 77.3 Å². The highest BCUT2D eigenvalue weighted by Gasteiger charge is 2.14. The summed E-state index contributed by atoms with van der Waals surface area (Å²) < 4.78 is 23.9. The summed E-state index contributed by atoms with van der Waals surface area (Å²) in [4.78, 5) is 0. The van der Waals surface area contributed by atoms with Crippen LogP contribution in [0.3, 0.4) is 0 Å². The molecule has 0 fully saturated rings. The van der Waals surface area contributed by atoms with Crippen LogP contribution < -0.4 is 18.9 Å². The van der Waals surface area contributed by atoms with Crippen LogP contribution in [-0.4, -0.2) is 12.7 Å². The van der Waals surface area contributed by atoms with Crippen LogP contribution in [0.4, 0.5) is 0 Å². The summed E-state index contributed by atoms with van der Waals surface area (Å²) in [5.74, 6) is 4.44. The molecule has 0 aromatic heterocycles. The van der Waals surface area contributed by atoms with E-state index in [4.69, 9.17) is 42.1 Å². The van der Waals surface area contributed by atoms with Crippen molar-refractivity contribution < 1.29 is 18.9 Å². The normalized spacial score (nSPS) is 10.8. The highest BCUT2D eigenvalue weighted by Crippen LogP contribution is 2.38. The number of halogens is 2. The summed E-state index contributed by atoms with van der Waals surface area (Å²) in [5, 5.41) is 0. The van der Waals surface area contributed by atoms with E-state index in [1.165, 1.54) is 0 Å². The average Bonchev–Trinajstić information content (AvgIpc) is 2.76. The van der Waals surface area contributed by atoms with E-state index in [1.54, 1.807) is 6.08 Å². The Balaban J connectivity index is 1.78. The number of rotatable bonds is 10. The lowest BCUT2D eigenvalue weighted by atomic mass is 10.0. The summed E-state index contributed by atoms with van der Waals surface area (Å²) in [6, 6.07) is 20.9. The van der Waals surface area contributed by atoms with Gasteiger partial charge >= 0.3 is 0 Å². The van der Waals surface area contributed by atoms with Gasteiger partial charge in [0.25, 0.3) is 0 Å². The van der Waals surface area contributed by atoms with Crippen molar-refractivity contribution in [2.24, 2.45) is 0 Å². The molecule has 0 heterocycles. The molecule has 0 spiro atoms. The average molecular weight is 487 g/mol. The molecular formula is C27H28Cl2O4. The van der Waals surface area contributed by atoms with Crippen LogP contribution in [0.25, 0.3) is 0 Å². The Labute approximate surface area is 205 Å². The standard InChI is InChI=1S/C27H28Cl2O4/c1-18(2)23-17-22(32-21-11-9-20(10-12-21)31-19(3)4)13-14-24(23)33-26-8-6-5-7-25(26)30-16-15-27(28)29/h5-15,17-19H,16H2,1-4H3. The molecule has 0 aliphatic carbocycles. The number of benzene rings is 3. The van der Waals surface area contributed by atoms with E-state index in [-0.39, 0.29) is 23.1 Å². The Bertz CT molecular complexity index is 1070. The molecule has 0 amide bonds. The molecule has 0 N–H and O–H groups in total. The van der Waals surface area contributed by atoms with Gasteiger partial charge in [0.1, 0.15) is 34.1 Å². The van der Waals surface area contributed by atoms with E-state index in [2.05, 4.69) is 13.8 Å². The van der Waals surface area contributed by atoms with Crippen LogP contribution in [-0.2, 0) is 0 Å². The molecule has 0 bridgehead atoms. The molecule has 0 saturated heterocycles. The van der Waals surface area contributed by atoms with Gasteiger partial charge in [0, 0.05) is 5.56 Å². The first-order valence-corrected chi connectivity index (χ1v) is 11.6. The molecule has 33 heavy (non-hydrogen) atoms. The minimum atomic E-state index is 0.128. The fourth-order valence-electron chi connectivity index (χ4n) is 3.10. The van der Waals surface area contributed by atoms with Gasteiger partial charge in [-0.25, -0.2) is 0 Å². The van der Waals surface area contributed by atoms with Gasteiger partial charge < -0.3 is 18.9 Å². The first-order valence-electron chi connectivity index (χ1n) is 10.8. The largest absolute Gasteiger partial charge is 0.491 e. The van der Waals surface area contributed by atoms with Crippen LogP contribution >= 0.6 is 23.2 Å². The third kappa shape index (κ3) is 7.62. The molecule has 174 valence electrons. The van der Waals surface area contributed by atoms with Crippen molar-refractivity contribution in [1.82, 2.24) is 0 Å². The Kier molecular flexibility index (Phi) is 8.93. The first kappa shape index (κ1) is 24.8. The zero-order chi connectivity index (χ0) is 23.8. The molecule has 3 aromatic rings. The van der Waals surface area contributed by atoms with Crippen molar-refractivity contribution in [3.63, 3.8) is 0 Å². The summed E-state index contributed by atoms with van der Waals surface area (Å²) in [5.41, 5.74) is 1.02. The van der Waals surface area contributed by atoms with Crippen molar-refractivity contribution >= 4 is 23.2 Å². The Hall–Kier alpha value is -2.82. The number of ether oxygens (including phenoxy) is 4. The van der Waals surface area contributed by atoms with Gasteiger partial charge in [-0.2, -0.15) is 0 Å². The highest BCUT2D eigenvalue weighted by atomic mass is 35.5. The zero-order valence-electron chi connectivity index (χ0n) is 19.2. The van der Waals surface area contributed by atoms with E-state index < -0.39 is 0 Å². The van der Waals surface area contributed by atoms with Crippen LogP contribution in [0.2, 0.25) is 0 Å². The topological polar surface area (TPSA) is 36.9 Å². The van der Waals surface area contributed by atoms with Crippen LogP contribution in [0.5, 0.6) is 34.5 Å². The molecule has 0 atom stereocenters. The molecule has 4 nitrogen and oxygen atoms in total. The van der Waals surface area contributed by atoms with Crippen molar-refractivity contribution in [3.8, 4) is 34.5 Å². The Morgan fingerprint density at radius 1 is 0.758 bits per heavy atom. The fourth-order valence-corrected chi connectivity index (χ4v) is 3.22. The van der Waals surface area contributed by atoms with Gasteiger partial charge in [-0.1, -0.05) is 49.2 Å². The third-order valence-corrected chi connectivity index (χ3v) is 4.89. The highest BCUT2D eigenvalue weighted by molar-refractivity contribution is 6.55. The molecule has 0 aliphatic heterocycles. The summed E-state index contributed by atoms with van der Waals surface area (Å²) in [6.07, 6.45) is 1.70. The minimum absolute atomic E-state index is 0.128. The lowest BCUT2D eigenvalue weighted by molar-refractivity contribution is 0.242. The maximum atomic E-state index is 6.23. The maximum absolute atomic E-state index is 6.23. The molecule has 3 aromatic carbocycles. The van der Waals surface area contributed by atoms with Gasteiger partial charge in [0.15, 0.2) is 11.5 Å². The van der Waals surface area contributed by atoms with Gasteiger partial charge in [0.2, 0.25) is 0 Å². The smallest absolute Gasteiger partial charge is 0.169 e. The summed E-state index contributed by atoms with van der Waals surface area (Å²) >= 11 is 11.3. The third-order valence-electron chi connectivity index (χ3n) is 4.58. The minimum Gasteiger partial charge on any atom is -0.491 e. The number of hydrogen-bond donors (Lipinski definition) is 0. The molecule has 3 rings (SSSR count). The molecule has 6 heteroatoms.